The van der Waals surface area contributed by atoms with Gasteiger partial charge in [-0.25, -0.2) is 0 Å². The second kappa shape index (κ2) is 7.65. The molecular formula is C16H13ClF2N2O2. The third kappa shape index (κ3) is 4.47. The van der Waals surface area contributed by atoms with Crippen molar-refractivity contribution in [1.82, 2.24) is 0 Å². The molecular weight excluding hydrogens is 326 g/mol. The van der Waals surface area contributed by atoms with Crippen molar-refractivity contribution in [3.8, 4) is 17.6 Å². The molecule has 0 aliphatic carbocycles. The number of benzene rings is 2. The van der Waals surface area contributed by atoms with Crippen molar-refractivity contribution in [2.24, 2.45) is 0 Å². The predicted molar refractivity (Wildman–Crippen MR) is 83.1 cm³/mol. The number of hydrogen-bond acceptors (Lipinski definition) is 4. The Hall–Kier alpha value is -2.52. The molecule has 23 heavy (non-hydrogen) atoms. The van der Waals surface area contributed by atoms with E-state index in [1.165, 1.54) is 13.2 Å². The van der Waals surface area contributed by atoms with E-state index in [4.69, 9.17) is 21.6 Å². The molecule has 2 aromatic rings. The molecule has 0 radical (unpaired) electrons. The molecule has 2 aromatic carbocycles. The van der Waals surface area contributed by atoms with Crippen LogP contribution in [0.5, 0.6) is 11.5 Å². The van der Waals surface area contributed by atoms with Gasteiger partial charge in [0, 0.05) is 11.6 Å². The number of anilines is 1. The number of nitrogens with zero attached hydrogens (tertiary/aromatic N) is 1. The first kappa shape index (κ1) is 16.8. The zero-order valence-corrected chi connectivity index (χ0v) is 12.9. The van der Waals surface area contributed by atoms with E-state index in [0.29, 0.717) is 28.4 Å². The summed E-state index contributed by atoms with van der Waals surface area (Å²) in [6.45, 7) is -2.62. The number of halogens is 3. The van der Waals surface area contributed by atoms with Gasteiger partial charge in [-0.3, -0.25) is 0 Å². The maximum absolute atomic E-state index is 12.4. The van der Waals surface area contributed by atoms with Crippen LogP contribution in [0.2, 0.25) is 5.02 Å². The summed E-state index contributed by atoms with van der Waals surface area (Å²) in [7, 11) is 1.37. The number of ether oxygens (including phenoxy) is 2. The van der Waals surface area contributed by atoms with Crippen LogP contribution in [0.15, 0.2) is 36.4 Å². The van der Waals surface area contributed by atoms with E-state index >= 15 is 0 Å². The fourth-order valence-electron chi connectivity index (χ4n) is 1.98. The number of rotatable bonds is 6. The van der Waals surface area contributed by atoms with Gasteiger partial charge in [-0.1, -0.05) is 17.7 Å². The molecule has 2 rings (SSSR count). The van der Waals surface area contributed by atoms with Crippen LogP contribution in [0.4, 0.5) is 14.5 Å². The first-order valence-electron chi connectivity index (χ1n) is 6.58. The molecule has 0 aliphatic rings. The van der Waals surface area contributed by atoms with E-state index in [-0.39, 0.29) is 11.5 Å². The van der Waals surface area contributed by atoms with Crippen molar-refractivity contribution in [1.29, 1.82) is 5.26 Å². The Morgan fingerprint density at radius 3 is 2.65 bits per heavy atom. The number of nitriles is 1. The molecule has 0 atom stereocenters. The van der Waals surface area contributed by atoms with Gasteiger partial charge in [-0.05, 0) is 35.9 Å². The summed E-state index contributed by atoms with van der Waals surface area (Å²) in [5, 5.41) is 12.6. The zero-order chi connectivity index (χ0) is 16.8. The van der Waals surface area contributed by atoms with Gasteiger partial charge >= 0.3 is 6.61 Å². The molecule has 0 aromatic heterocycles. The minimum Gasteiger partial charge on any atom is -0.493 e. The van der Waals surface area contributed by atoms with Crippen LogP contribution in [0.25, 0.3) is 0 Å². The molecule has 0 amide bonds. The van der Waals surface area contributed by atoms with Crippen LogP contribution in [-0.4, -0.2) is 13.7 Å². The lowest BCUT2D eigenvalue weighted by Crippen LogP contribution is -2.06. The lowest BCUT2D eigenvalue weighted by molar-refractivity contribution is -0.0512. The third-order valence-corrected chi connectivity index (χ3v) is 3.26. The number of alkyl halides is 2. The maximum Gasteiger partial charge on any atom is 0.387 e. The van der Waals surface area contributed by atoms with Crippen molar-refractivity contribution in [3.05, 3.63) is 52.5 Å². The van der Waals surface area contributed by atoms with Gasteiger partial charge < -0.3 is 14.8 Å². The zero-order valence-electron chi connectivity index (χ0n) is 12.1. The summed E-state index contributed by atoms with van der Waals surface area (Å²) < 4.78 is 34.2. The number of methoxy groups -OCH3 is 1. The lowest BCUT2D eigenvalue weighted by atomic mass is 10.1. The average molecular weight is 339 g/mol. The highest BCUT2D eigenvalue weighted by Crippen LogP contribution is 2.30. The third-order valence-electron chi connectivity index (χ3n) is 3.03. The smallest absolute Gasteiger partial charge is 0.387 e. The Labute approximate surface area is 137 Å². The fourth-order valence-corrected chi connectivity index (χ4v) is 2.15. The van der Waals surface area contributed by atoms with Crippen molar-refractivity contribution in [3.63, 3.8) is 0 Å². The lowest BCUT2D eigenvalue weighted by Gasteiger charge is -2.13. The van der Waals surface area contributed by atoms with Crippen LogP contribution in [-0.2, 0) is 6.54 Å². The minimum absolute atomic E-state index is 0.0431. The minimum atomic E-state index is -2.94. The molecule has 7 heteroatoms. The summed E-state index contributed by atoms with van der Waals surface area (Å²) in [5.41, 5.74) is 1.69. The standard InChI is InChI=1S/C16H13ClF2N2O2/c1-22-14-5-2-10(6-15(14)23-16(18)19)9-21-13-4-3-12(17)7-11(13)8-20/h2-7,16,21H,9H2,1H3. The van der Waals surface area contributed by atoms with Crippen molar-refractivity contribution in [2.45, 2.75) is 13.2 Å². The number of nitrogens with one attached hydrogen (secondary N) is 1. The topological polar surface area (TPSA) is 54.3 Å². The quantitative estimate of drug-likeness (QED) is 0.846. The molecule has 0 saturated heterocycles. The van der Waals surface area contributed by atoms with Crippen LogP contribution in [0, 0.1) is 11.3 Å². The summed E-state index contributed by atoms with van der Waals surface area (Å²) in [5.74, 6) is 0.177. The van der Waals surface area contributed by atoms with E-state index in [1.807, 2.05) is 6.07 Å². The SMILES string of the molecule is COc1ccc(CNc2ccc(Cl)cc2C#N)cc1OC(F)F. The monoisotopic (exact) mass is 338 g/mol. The van der Waals surface area contributed by atoms with Crippen LogP contribution >= 0.6 is 11.6 Å². The van der Waals surface area contributed by atoms with Crippen molar-refractivity contribution >= 4 is 17.3 Å². The predicted octanol–water partition coefficient (Wildman–Crippen LogP) is 4.43. The molecule has 0 saturated carbocycles. The highest BCUT2D eigenvalue weighted by atomic mass is 35.5. The molecule has 4 nitrogen and oxygen atoms in total. The first-order chi connectivity index (χ1) is 11.0. The van der Waals surface area contributed by atoms with Gasteiger partial charge in [0.25, 0.3) is 0 Å². The maximum atomic E-state index is 12.4. The first-order valence-corrected chi connectivity index (χ1v) is 6.96. The molecule has 1 N–H and O–H groups in total. The Bertz CT molecular complexity index is 733. The Morgan fingerprint density at radius 2 is 2.00 bits per heavy atom. The highest BCUT2D eigenvalue weighted by molar-refractivity contribution is 6.30. The summed E-state index contributed by atoms with van der Waals surface area (Å²) >= 11 is 5.84. The molecule has 0 spiro atoms. The normalized spacial score (nSPS) is 10.3. The molecule has 120 valence electrons. The van der Waals surface area contributed by atoms with Gasteiger partial charge in [0.2, 0.25) is 0 Å². The van der Waals surface area contributed by atoms with E-state index < -0.39 is 6.61 Å². The van der Waals surface area contributed by atoms with Crippen LogP contribution < -0.4 is 14.8 Å². The van der Waals surface area contributed by atoms with E-state index in [0.717, 1.165) is 0 Å². The Kier molecular flexibility index (Phi) is 5.61. The summed E-state index contributed by atoms with van der Waals surface area (Å²) in [6, 6.07) is 11.6. The average Bonchev–Trinajstić information content (AvgIpc) is 2.53. The molecule has 0 heterocycles. The highest BCUT2D eigenvalue weighted by Gasteiger charge is 2.11. The fraction of sp³-hybridized carbons (Fsp3) is 0.188. The molecule has 0 bridgehead atoms. The number of hydrogen-bond donors (Lipinski definition) is 1. The van der Waals surface area contributed by atoms with E-state index in [1.54, 1.807) is 30.3 Å². The van der Waals surface area contributed by atoms with Crippen molar-refractivity contribution < 1.29 is 18.3 Å². The van der Waals surface area contributed by atoms with Gasteiger partial charge in [-0.15, -0.1) is 0 Å². The molecule has 0 aliphatic heterocycles. The van der Waals surface area contributed by atoms with Gasteiger partial charge in [0.1, 0.15) is 6.07 Å². The molecule has 0 fully saturated rings. The van der Waals surface area contributed by atoms with Gasteiger partial charge in [0.05, 0.1) is 18.4 Å². The van der Waals surface area contributed by atoms with Gasteiger partial charge in [-0.2, -0.15) is 14.0 Å². The van der Waals surface area contributed by atoms with Gasteiger partial charge in [0.15, 0.2) is 11.5 Å². The summed E-state index contributed by atoms with van der Waals surface area (Å²) in [4.78, 5) is 0. The van der Waals surface area contributed by atoms with E-state index in [9.17, 15) is 8.78 Å². The summed E-state index contributed by atoms with van der Waals surface area (Å²) in [6.07, 6.45) is 0. The van der Waals surface area contributed by atoms with Crippen LogP contribution in [0.1, 0.15) is 11.1 Å². The second-order valence-corrected chi connectivity index (χ2v) is 4.96. The van der Waals surface area contributed by atoms with Crippen molar-refractivity contribution in [2.75, 3.05) is 12.4 Å². The Balaban J connectivity index is 2.16. The Morgan fingerprint density at radius 1 is 1.22 bits per heavy atom. The van der Waals surface area contributed by atoms with Crippen LogP contribution in [0.3, 0.4) is 0 Å². The second-order valence-electron chi connectivity index (χ2n) is 4.52. The molecule has 0 unspecified atom stereocenters. The van der Waals surface area contributed by atoms with E-state index in [2.05, 4.69) is 10.1 Å². The largest absolute Gasteiger partial charge is 0.493 e.